The van der Waals surface area contributed by atoms with E-state index in [0.717, 1.165) is 4.90 Å². The van der Waals surface area contributed by atoms with E-state index >= 15 is 9.59 Å². The highest BCUT2D eigenvalue weighted by atomic mass is 16.6. The molecule has 8 N–H and O–H groups in total. The van der Waals surface area contributed by atoms with Crippen molar-refractivity contribution in [1.82, 2.24) is 31.1 Å². The first-order chi connectivity index (χ1) is 48.8. The number of Topliss-reactive ketones (excluding diaryl/α,β-unsaturated/α-hetero) is 2. The van der Waals surface area contributed by atoms with Gasteiger partial charge in [-0.05, 0) is 106 Å². The Hall–Kier alpha value is -8.83. The van der Waals surface area contributed by atoms with Crippen molar-refractivity contribution in [2.24, 2.45) is 34.3 Å². The second-order valence-corrected chi connectivity index (χ2v) is 29.9. The second kappa shape index (κ2) is 34.8. The number of hydrogen-bond acceptors (Lipinski definition) is 21. The molecule has 2 bridgehead atoms. The number of anilines is 1. The zero-order valence-corrected chi connectivity index (χ0v) is 62.7. The van der Waals surface area contributed by atoms with E-state index in [-0.39, 0.29) is 93.7 Å². The Morgan fingerprint density at radius 1 is 0.788 bits per heavy atom. The van der Waals surface area contributed by atoms with Crippen LogP contribution in [0, 0.1) is 28.6 Å². The standard InChI is InChI=1S/C76H106N8O20/c1-43(2)52(86)30-23-31-56(87)81-58(44(3)4)66(90)80-51(29-24-36-78-69(77)93)65(89)79-50-34-32-47(33-35-50)41-99-70(94)83(13)37-38-84(14)71(95)102-61(59(82-72(7,8)9)48-25-19-17-20-26-48)68(92)101-53-40-76(96)64(103-67(91)49-27-21-18-22-28-49)62-74(12,63(88)60(98-16)57(45(53)5)73(76,10)11)54(97-15)39-55-75(62,42-100-55)104-46(6)85/h17-22,25-28,32-35,43-44,51,53-55,58-62,64,82,96H,23-24,29-31,36-42H2,1-16H3,(H,79,89)(H,80,90)(H,81,87)(H3,77,78,93)/t51-,53-,54-,55+,58-,59-,60+,61+,62-,64-,74+,75-,76+/m0/s1. The van der Waals surface area contributed by atoms with E-state index in [1.54, 1.807) is 128 Å². The summed E-state index contributed by atoms with van der Waals surface area (Å²) in [7, 11) is 5.63. The molecule has 104 heavy (non-hydrogen) atoms. The minimum Gasteiger partial charge on any atom is -0.455 e. The summed E-state index contributed by atoms with van der Waals surface area (Å²) >= 11 is 0. The molecule has 28 nitrogen and oxygen atoms in total. The van der Waals surface area contributed by atoms with Crippen LogP contribution in [0.5, 0.6) is 0 Å². The molecule has 28 heteroatoms. The molecule has 570 valence electrons. The third-order valence-electron chi connectivity index (χ3n) is 20.5. The molecule has 1 heterocycles. The van der Waals surface area contributed by atoms with E-state index in [2.05, 4.69) is 26.6 Å². The van der Waals surface area contributed by atoms with E-state index in [4.69, 9.17) is 43.6 Å². The van der Waals surface area contributed by atoms with Crippen molar-refractivity contribution in [2.45, 2.75) is 206 Å². The molecule has 1 saturated heterocycles. The van der Waals surface area contributed by atoms with E-state index in [0.29, 0.717) is 28.8 Å². The fourth-order valence-electron chi connectivity index (χ4n) is 14.6. The van der Waals surface area contributed by atoms with Crippen LogP contribution >= 0.6 is 0 Å². The van der Waals surface area contributed by atoms with Crippen LogP contribution in [-0.4, -0.2) is 200 Å². The molecule has 4 aliphatic rings. The van der Waals surface area contributed by atoms with Crippen molar-refractivity contribution in [1.29, 1.82) is 0 Å². The van der Waals surface area contributed by atoms with Crippen LogP contribution in [0.1, 0.15) is 156 Å². The van der Waals surface area contributed by atoms with Crippen LogP contribution in [-0.2, 0) is 78.1 Å². The van der Waals surface area contributed by atoms with Gasteiger partial charge in [-0.15, -0.1) is 0 Å². The first kappa shape index (κ1) is 82.5. The number of esters is 3. The summed E-state index contributed by atoms with van der Waals surface area (Å²) < 4.78 is 50.0. The topological polar surface area (TPSA) is 374 Å². The van der Waals surface area contributed by atoms with Crippen molar-refractivity contribution in [3.05, 3.63) is 113 Å². The molecule has 0 aromatic heterocycles. The molecular formula is C76H106N8O20. The summed E-state index contributed by atoms with van der Waals surface area (Å²) in [5.74, 6) is -6.77. The highest BCUT2D eigenvalue weighted by Crippen LogP contribution is 2.65. The average Bonchev–Trinajstić information content (AvgIpc) is 0.668. The van der Waals surface area contributed by atoms with Crippen LogP contribution < -0.4 is 32.3 Å². The number of nitrogens with two attached hydrogens (primary N) is 1. The van der Waals surface area contributed by atoms with Gasteiger partial charge in [0.25, 0.3) is 0 Å². The third kappa shape index (κ3) is 19.0. The normalized spacial score (nSPS) is 24.4. The highest BCUT2D eigenvalue weighted by molar-refractivity contribution is 5.99. The van der Waals surface area contributed by atoms with Crippen molar-refractivity contribution in [3.8, 4) is 0 Å². The summed E-state index contributed by atoms with van der Waals surface area (Å²) in [6, 6.07) is 19.2. The van der Waals surface area contributed by atoms with Gasteiger partial charge in [0, 0.05) is 103 Å². The Balaban J connectivity index is 1.09. The fourth-order valence-corrected chi connectivity index (χ4v) is 14.6. The number of carbonyl (C=O) groups excluding carboxylic acids is 11. The average molecular weight is 1450 g/mol. The number of methoxy groups -OCH3 is 2. The third-order valence-corrected chi connectivity index (χ3v) is 20.5. The number of aliphatic hydroxyl groups is 1. The van der Waals surface area contributed by atoms with Gasteiger partial charge < -0.3 is 85.1 Å². The Morgan fingerprint density at radius 3 is 1.97 bits per heavy atom. The zero-order chi connectivity index (χ0) is 77.0. The van der Waals surface area contributed by atoms with E-state index < -0.39 is 154 Å². The van der Waals surface area contributed by atoms with Gasteiger partial charge in [-0.2, -0.15) is 0 Å². The number of fused-ring (bicyclic) bond motifs is 5. The van der Waals surface area contributed by atoms with Gasteiger partial charge in [0.05, 0.1) is 35.6 Å². The predicted octanol–water partition coefficient (Wildman–Crippen LogP) is 7.18. The minimum absolute atomic E-state index is 0.0252. The largest absolute Gasteiger partial charge is 0.455 e. The van der Waals surface area contributed by atoms with Crippen molar-refractivity contribution >= 4 is 71.1 Å². The number of carbonyl (C=O) groups is 11. The van der Waals surface area contributed by atoms with Gasteiger partial charge >= 0.3 is 36.1 Å². The summed E-state index contributed by atoms with van der Waals surface area (Å²) in [4.78, 5) is 154. The van der Waals surface area contributed by atoms with Gasteiger partial charge in [-0.25, -0.2) is 24.0 Å². The Bertz CT molecular complexity index is 3620. The minimum atomic E-state index is -2.32. The molecule has 3 aromatic rings. The molecule has 7 rings (SSSR count). The SMILES string of the molecule is CO[C@H]1C(=O)[C@]2(C)[C@@H](OC)C[C@H]3OC[C@@]3(OC(C)=O)[C@H]2[C@H](OC(=O)c2ccccc2)[C@]2(O)C[C@H](OC(=O)[C@H](OC(=O)N(C)CCN(C)C(=O)OCc3ccc(NC(=O)[C@H](CCCNC(N)=O)NC(=O)[C@@H](NC(=O)CCCC(=O)C(C)C)C(C)C)cc3)[C@@H](NC(C)(C)C)c3ccccc3)C(C)=C1C2(C)C. The molecule has 2 saturated carbocycles. The van der Waals surface area contributed by atoms with Crippen molar-refractivity contribution < 1.29 is 95.7 Å². The predicted molar refractivity (Wildman–Crippen MR) is 381 cm³/mol. The lowest BCUT2D eigenvalue weighted by atomic mass is 9.44. The maximum Gasteiger partial charge on any atom is 0.410 e. The number of urea groups is 1. The number of amides is 7. The van der Waals surface area contributed by atoms with Crippen molar-refractivity contribution in [3.63, 3.8) is 0 Å². The zero-order valence-electron chi connectivity index (χ0n) is 62.7. The van der Waals surface area contributed by atoms with Gasteiger partial charge in [0.1, 0.15) is 54.5 Å². The second-order valence-electron chi connectivity index (χ2n) is 29.9. The lowest BCUT2D eigenvalue weighted by molar-refractivity contribution is -0.347. The lowest BCUT2D eigenvalue weighted by Gasteiger charge is -2.67. The maximum absolute atomic E-state index is 16.0. The summed E-state index contributed by atoms with van der Waals surface area (Å²) in [6.07, 6.45) is -9.59. The number of ether oxygens (including phenoxy) is 8. The molecule has 3 aromatic carbocycles. The summed E-state index contributed by atoms with van der Waals surface area (Å²) in [5.41, 5.74) is -0.790. The van der Waals surface area contributed by atoms with Crippen LogP contribution in [0.25, 0.3) is 0 Å². The van der Waals surface area contributed by atoms with Crippen LogP contribution in [0.2, 0.25) is 0 Å². The molecule has 3 fully saturated rings. The fraction of sp³-hybridized carbons (Fsp3) is 0.592. The smallest absolute Gasteiger partial charge is 0.410 e. The monoisotopic (exact) mass is 1450 g/mol. The van der Waals surface area contributed by atoms with Gasteiger partial charge in [0.2, 0.25) is 23.8 Å². The number of ketones is 2. The van der Waals surface area contributed by atoms with Crippen molar-refractivity contribution in [2.75, 3.05) is 59.9 Å². The first-order valence-electron chi connectivity index (χ1n) is 35.3. The number of likely N-dealkylation sites (N-methyl/N-ethyl adjacent to an activating group) is 2. The molecule has 1 aliphatic heterocycles. The van der Waals surface area contributed by atoms with Crippen LogP contribution in [0.3, 0.4) is 0 Å². The van der Waals surface area contributed by atoms with Gasteiger partial charge in [0.15, 0.2) is 11.4 Å². The highest BCUT2D eigenvalue weighted by Gasteiger charge is 2.78. The Labute approximate surface area is 608 Å². The number of hydrogen-bond donors (Lipinski definition) is 7. The van der Waals surface area contributed by atoms with E-state index in [1.807, 2.05) is 20.8 Å². The molecule has 13 atom stereocenters. The molecule has 0 radical (unpaired) electrons. The molecule has 3 aliphatic carbocycles. The van der Waals surface area contributed by atoms with Gasteiger partial charge in [-0.3, -0.25) is 28.8 Å². The first-order valence-corrected chi connectivity index (χ1v) is 35.3. The quantitative estimate of drug-likeness (QED) is 0.0145. The van der Waals surface area contributed by atoms with Crippen LogP contribution in [0.4, 0.5) is 20.1 Å². The number of benzene rings is 3. The lowest BCUT2D eigenvalue weighted by Crippen LogP contribution is -2.82. The Kier molecular flexibility index (Phi) is 27.6. The molecule has 7 amide bonds. The Morgan fingerprint density at radius 2 is 1.41 bits per heavy atom. The summed E-state index contributed by atoms with van der Waals surface area (Å²) in [6.45, 7) is 19.9. The van der Waals surface area contributed by atoms with E-state index in [9.17, 15) is 48.3 Å². The summed E-state index contributed by atoms with van der Waals surface area (Å²) in [5, 5.41) is 28.4. The maximum atomic E-state index is 16.0. The van der Waals surface area contributed by atoms with Crippen LogP contribution in [0.15, 0.2) is 96.1 Å². The van der Waals surface area contributed by atoms with Gasteiger partial charge in [-0.1, -0.05) is 102 Å². The number of primary amides is 1. The van der Waals surface area contributed by atoms with E-state index in [1.165, 1.54) is 52.3 Å². The molecule has 0 spiro atoms. The number of nitrogens with one attached hydrogen (secondary N) is 5. The molecule has 0 unspecified atom stereocenters. The number of rotatable bonds is 31. The molecular weight excluding hydrogens is 1340 g/mol. The number of nitrogens with zero attached hydrogens (tertiary/aromatic N) is 2.